The van der Waals surface area contributed by atoms with Gasteiger partial charge in [0.15, 0.2) is 23.0 Å². The summed E-state index contributed by atoms with van der Waals surface area (Å²) in [6.45, 7) is 1.83. The fraction of sp³-hybridized carbons (Fsp3) is 0.217. The number of hydrogen-bond acceptors (Lipinski definition) is 9. The Morgan fingerprint density at radius 1 is 1.00 bits per heavy atom. The SMILES string of the molecule is CCOC(=O)C1=C(O)/C(=C\c2ccc(O)c(OC)c2)SC1=Nc1ccc(OC)c(OC)c1. The van der Waals surface area contributed by atoms with E-state index in [1.165, 1.54) is 27.4 Å². The van der Waals surface area contributed by atoms with Gasteiger partial charge in [0.05, 0.1) is 38.5 Å². The second-order valence-electron chi connectivity index (χ2n) is 6.44. The molecule has 2 N–H and O–H groups in total. The minimum absolute atomic E-state index is 0.00333. The molecule has 0 atom stereocenters. The number of esters is 1. The van der Waals surface area contributed by atoms with Gasteiger partial charge in [0, 0.05) is 6.07 Å². The van der Waals surface area contributed by atoms with Gasteiger partial charge in [-0.3, -0.25) is 0 Å². The lowest BCUT2D eigenvalue weighted by Crippen LogP contribution is -2.12. The van der Waals surface area contributed by atoms with Crippen molar-refractivity contribution in [2.45, 2.75) is 6.92 Å². The fourth-order valence-electron chi connectivity index (χ4n) is 2.94. The number of carbonyl (C=O) groups is 1. The van der Waals surface area contributed by atoms with Crippen molar-refractivity contribution in [2.75, 3.05) is 27.9 Å². The summed E-state index contributed by atoms with van der Waals surface area (Å²) in [6.07, 6.45) is 1.66. The van der Waals surface area contributed by atoms with Gasteiger partial charge in [-0.05, 0) is 42.8 Å². The Hall–Kier alpha value is -3.59. The summed E-state index contributed by atoms with van der Waals surface area (Å²) in [5, 5.41) is 20.9. The summed E-state index contributed by atoms with van der Waals surface area (Å²) in [6, 6.07) is 9.83. The van der Waals surface area contributed by atoms with Crippen molar-refractivity contribution in [1.82, 2.24) is 0 Å². The van der Waals surface area contributed by atoms with Gasteiger partial charge in [-0.25, -0.2) is 9.79 Å². The summed E-state index contributed by atoms with van der Waals surface area (Å²) >= 11 is 1.12. The number of hydrogen-bond donors (Lipinski definition) is 2. The van der Waals surface area contributed by atoms with Gasteiger partial charge < -0.3 is 29.2 Å². The number of aliphatic hydroxyl groups excluding tert-OH is 1. The minimum atomic E-state index is -0.677. The van der Waals surface area contributed by atoms with Crippen LogP contribution in [0.4, 0.5) is 5.69 Å². The second-order valence-corrected chi connectivity index (χ2v) is 7.47. The number of aromatic hydroxyl groups is 1. The molecule has 8 nitrogen and oxygen atoms in total. The van der Waals surface area contributed by atoms with E-state index in [0.717, 1.165) is 11.8 Å². The number of ether oxygens (including phenoxy) is 4. The third-order valence-electron chi connectivity index (χ3n) is 4.47. The summed E-state index contributed by atoms with van der Waals surface area (Å²) in [4.78, 5) is 17.5. The van der Waals surface area contributed by atoms with E-state index < -0.39 is 5.97 Å². The van der Waals surface area contributed by atoms with E-state index in [0.29, 0.717) is 27.7 Å². The van der Waals surface area contributed by atoms with Crippen LogP contribution in [0.1, 0.15) is 12.5 Å². The number of methoxy groups -OCH3 is 3. The molecular weight excluding hydrogens is 434 g/mol. The topological polar surface area (TPSA) is 107 Å². The molecule has 0 saturated heterocycles. The molecule has 1 aliphatic heterocycles. The maximum atomic E-state index is 12.6. The van der Waals surface area contributed by atoms with E-state index in [9.17, 15) is 15.0 Å². The van der Waals surface area contributed by atoms with Crippen LogP contribution >= 0.6 is 11.8 Å². The Kier molecular flexibility index (Phi) is 7.32. The number of thioether (sulfide) groups is 1. The van der Waals surface area contributed by atoms with Gasteiger partial charge in [-0.1, -0.05) is 17.8 Å². The number of rotatable bonds is 7. The second kappa shape index (κ2) is 10.1. The summed E-state index contributed by atoms with van der Waals surface area (Å²) in [5.41, 5.74) is 1.14. The van der Waals surface area contributed by atoms with Gasteiger partial charge in [-0.2, -0.15) is 0 Å². The molecule has 2 aromatic carbocycles. The Morgan fingerprint density at radius 3 is 2.38 bits per heavy atom. The molecule has 0 amide bonds. The standard InChI is InChI=1S/C23H23NO7S/c1-5-31-23(27)20-21(26)19(11-13-6-8-15(25)17(10-13)29-3)32-22(20)24-14-7-9-16(28-2)18(12-14)30-4/h6-12,25-26H,5H2,1-4H3/b19-11+,24-22?. The fourth-order valence-corrected chi connectivity index (χ4v) is 3.97. The first kappa shape index (κ1) is 23.1. The first-order valence-corrected chi connectivity index (χ1v) is 10.4. The van der Waals surface area contributed by atoms with Gasteiger partial charge in [0.25, 0.3) is 0 Å². The van der Waals surface area contributed by atoms with Crippen molar-refractivity contribution in [1.29, 1.82) is 0 Å². The normalized spacial score (nSPS) is 15.9. The smallest absolute Gasteiger partial charge is 0.344 e. The van der Waals surface area contributed by atoms with Crippen molar-refractivity contribution in [3.63, 3.8) is 0 Å². The third kappa shape index (κ3) is 4.83. The molecule has 0 saturated carbocycles. The molecule has 0 bridgehead atoms. The van der Waals surface area contributed by atoms with Crippen LogP contribution in [0.3, 0.4) is 0 Å². The van der Waals surface area contributed by atoms with Gasteiger partial charge in [0.2, 0.25) is 0 Å². The highest BCUT2D eigenvalue weighted by atomic mass is 32.2. The van der Waals surface area contributed by atoms with Crippen LogP contribution in [0.5, 0.6) is 23.0 Å². The summed E-state index contributed by atoms with van der Waals surface area (Å²) in [5.74, 6) is 0.395. The number of phenols is 1. The van der Waals surface area contributed by atoms with Crippen LogP contribution in [-0.2, 0) is 9.53 Å². The molecule has 1 heterocycles. The molecule has 3 rings (SSSR count). The zero-order valence-corrected chi connectivity index (χ0v) is 18.9. The molecule has 32 heavy (non-hydrogen) atoms. The van der Waals surface area contributed by atoms with Gasteiger partial charge in [0.1, 0.15) is 16.4 Å². The molecule has 0 aliphatic carbocycles. The van der Waals surface area contributed by atoms with Crippen molar-refractivity contribution < 1.29 is 34.0 Å². The lowest BCUT2D eigenvalue weighted by Gasteiger charge is -2.08. The van der Waals surface area contributed by atoms with Crippen LogP contribution in [-0.4, -0.2) is 49.2 Å². The Balaban J connectivity index is 2.05. The minimum Gasteiger partial charge on any atom is -0.506 e. The molecule has 0 fully saturated rings. The monoisotopic (exact) mass is 457 g/mol. The van der Waals surface area contributed by atoms with E-state index in [2.05, 4.69) is 4.99 Å². The predicted octanol–water partition coefficient (Wildman–Crippen LogP) is 4.61. The maximum Gasteiger partial charge on any atom is 0.344 e. The molecule has 2 aromatic rings. The predicted molar refractivity (Wildman–Crippen MR) is 123 cm³/mol. The molecule has 0 aromatic heterocycles. The van der Waals surface area contributed by atoms with E-state index in [4.69, 9.17) is 18.9 Å². The highest BCUT2D eigenvalue weighted by molar-refractivity contribution is 8.18. The molecule has 0 unspecified atom stereocenters. The van der Waals surface area contributed by atoms with Crippen molar-refractivity contribution in [3.8, 4) is 23.0 Å². The average molecular weight is 458 g/mol. The Labute approximate surface area is 189 Å². The van der Waals surface area contributed by atoms with Gasteiger partial charge in [-0.15, -0.1) is 0 Å². The number of carbonyl (C=O) groups excluding carboxylic acids is 1. The highest BCUT2D eigenvalue weighted by Gasteiger charge is 2.33. The highest BCUT2D eigenvalue weighted by Crippen LogP contribution is 2.41. The maximum absolute atomic E-state index is 12.6. The zero-order chi connectivity index (χ0) is 23.3. The number of aliphatic imine (C=N–C) groups is 1. The number of benzene rings is 2. The number of phenolic OH excluding ortho intramolecular Hbond substituents is 1. The van der Waals surface area contributed by atoms with Crippen molar-refractivity contribution >= 4 is 34.5 Å². The van der Waals surface area contributed by atoms with Crippen LogP contribution in [0.25, 0.3) is 6.08 Å². The van der Waals surface area contributed by atoms with Crippen LogP contribution in [0.2, 0.25) is 0 Å². The molecule has 168 valence electrons. The van der Waals surface area contributed by atoms with Gasteiger partial charge >= 0.3 is 5.97 Å². The first-order valence-electron chi connectivity index (χ1n) is 9.60. The van der Waals surface area contributed by atoms with Crippen LogP contribution < -0.4 is 14.2 Å². The van der Waals surface area contributed by atoms with E-state index >= 15 is 0 Å². The quantitative estimate of drug-likeness (QED) is 0.581. The lowest BCUT2D eigenvalue weighted by atomic mass is 10.1. The Morgan fingerprint density at radius 2 is 1.72 bits per heavy atom. The molecule has 9 heteroatoms. The number of aliphatic hydroxyl groups is 1. The van der Waals surface area contributed by atoms with Crippen molar-refractivity contribution in [3.05, 3.63) is 58.2 Å². The third-order valence-corrected chi connectivity index (χ3v) is 5.49. The Bertz CT molecular complexity index is 1120. The zero-order valence-electron chi connectivity index (χ0n) is 18.0. The lowest BCUT2D eigenvalue weighted by molar-refractivity contribution is -0.138. The molecule has 0 spiro atoms. The molecule has 0 radical (unpaired) electrons. The van der Waals surface area contributed by atoms with E-state index in [1.807, 2.05) is 0 Å². The average Bonchev–Trinajstić information content (AvgIpc) is 3.09. The first-order chi connectivity index (χ1) is 15.4. The van der Waals surface area contributed by atoms with E-state index in [1.54, 1.807) is 43.3 Å². The van der Waals surface area contributed by atoms with Crippen LogP contribution in [0.15, 0.2) is 57.6 Å². The molecular formula is C23H23NO7S. The summed E-state index contributed by atoms with van der Waals surface area (Å²) in [7, 11) is 4.49. The van der Waals surface area contributed by atoms with Crippen molar-refractivity contribution in [2.24, 2.45) is 4.99 Å². The van der Waals surface area contributed by atoms with Crippen LogP contribution in [0, 0.1) is 0 Å². The molecule has 1 aliphatic rings. The largest absolute Gasteiger partial charge is 0.506 e. The van der Waals surface area contributed by atoms with E-state index in [-0.39, 0.29) is 34.5 Å². The summed E-state index contributed by atoms with van der Waals surface area (Å²) < 4.78 is 20.8. The number of nitrogens with zero attached hydrogens (tertiary/aromatic N) is 1.